The lowest BCUT2D eigenvalue weighted by atomic mass is 10.1. The molecule has 1 aromatic carbocycles. The number of aromatic nitrogens is 4. The van der Waals surface area contributed by atoms with Crippen LogP contribution in [-0.2, 0) is 12.8 Å². The van der Waals surface area contributed by atoms with Crippen molar-refractivity contribution in [3.63, 3.8) is 0 Å². The van der Waals surface area contributed by atoms with Crippen molar-refractivity contribution >= 4 is 17.8 Å². The lowest BCUT2D eigenvalue weighted by Gasteiger charge is -2.00. The van der Waals surface area contributed by atoms with Crippen molar-refractivity contribution in [1.82, 2.24) is 20.2 Å². The zero-order valence-electron chi connectivity index (χ0n) is 9.00. The number of rotatable bonds is 4. The van der Waals surface area contributed by atoms with Crippen LogP contribution < -0.4 is 0 Å². The van der Waals surface area contributed by atoms with Crippen LogP contribution in [0.3, 0.4) is 0 Å². The molecule has 0 aliphatic carbocycles. The summed E-state index contributed by atoms with van der Waals surface area (Å²) >= 11 is 1.62. The summed E-state index contributed by atoms with van der Waals surface area (Å²) < 4.78 is 1.67. The van der Waals surface area contributed by atoms with Crippen molar-refractivity contribution < 1.29 is 0 Å². The molecule has 0 N–H and O–H groups in total. The normalized spacial score (nSPS) is 10.3. The average Bonchev–Trinajstić information content (AvgIpc) is 2.73. The fraction of sp³-hybridized carbons (Fsp3) is 0.182. The number of nitrogens with zero attached hydrogens (tertiary/aromatic N) is 4. The number of hydrogen-bond acceptors (Lipinski definition) is 4. The van der Waals surface area contributed by atoms with Gasteiger partial charge in [-0.1, -0.05) is 48.7 Å². The molecule has 0 atom stereocenters. The molecule has 1 aromatic heterocycles. The molecule has 16 heavy (non-hydrogen) atoms. The van der Waals surface area contributed by atoms with Crippen molar-refractivity contribution in [3.8, 4) is 0 Å². The van der Waals surface area contributed by atoms with Crippen LogP contribution in [0.25, 0.3) is 6.08 Å². The molecule has 2 rings (SSSR count). The van der Waals surface area contributed by atoms with E-state index in [0.29, 0.717) is 0 Å². The quantitative estimate of drug-likeness (QED) is 0.758. The van der Waals surface area contributed by atoms with Gasteiger partial charge < -0.3 is 0 Å². The maximum Gasteiger partial charge on any atom is 0.209 e. The Hall–Kier alpha value is -1.62. The van der Waals surface area contributed by atoms with E-state index in [-0.39, 0.29) is 0 Å². The van der Waals surface area contributed by atoms with Crippen LogP contribution >= 0.6 is 11.8 Å². The summed E-state index contributed by atoms with van der Waals surface area (Å²) in [7, 11) is 1.84. The Bertz CT molecular complexity index is 475. The van der Waals surface area contributed by atoms with Gasteiger partial charge in [-0.3, -0.25) is 0 Å². The average molecular weight is 232 g/mol. The van der Waals surface area contributed by atoms with Gasteiger partial charge in [0.25, 0.3) is 0 Å². The summed E-state index contributed by atoms with van der Waals surface area (Å²) in [6.45, 7) is 3.72. The fourth-order valence-electron chi connectivity index (χ4n) is 1.24. The maximum absolute atomic E-state index is 3.91. The van der Waals surface area contributed by atoms with Crippen LogP contribution in [0.5, 0.6) is 0 Å². The van der Waals surface area contributed by atoms with Gasteiger partial charge in [-0.05, 0) is 21.6 Å². The Labute approximate surface area is 98.4 Å². The Kier molecular flexibility index (Phi) is 3.36. The predicted octanol–water partition coefficient (Wildman–Crippen LogP) is 2.15. The molecule has 0 bridgehead atoms. The van der Waals surface area contributed by atoms with Crippen molar-refractivity contribution in [2.75, 3.05) is 0 Å². The number of hydrogen-bond donors (Lipinski definition) is 0. The number of aryl methyl sites for hydroxylation is 1. The van der Waals surface area contributed by atoms with Crippen LogP contribution in [0.15, 0.2) is 36.0 Å². The largest absolute Gasteiger partial charge is 0.224 e. The van der Waals surface area contributed by atoms with E-state index in [4.69, 9.17) is 0 Å². The van der Waals surface area contributed by atoms with Crippen LogP contribution in [0.2, 0.25) is 0 Å². The lowest BCUT2D eigenvalue weighted by Crippen LogP contribution is -1.93. The zero-order chi connectivity index (χ0) is 11.4. The van der Waals surface area contributed by atoms with Crippen molar-refractivity contribution in [2.45, 2.75) is 10.9 Å². The van der Waals surface area contributed by atoms with Crippen molar-refractivity contribution in [3.05, 3.63) is 42.0 Å². The van der Waals surface area contributed by atoms with Gasteiger partial charge in [0.1, 0.15) is 0 Å². The minimum atomic E-state index is 0.827. The first-order chi connectivity index (χ1) is 7.79. The number of tetrazole rings is 1. The van der Waals surface area contributed by atoms with E-state index >= 15 is 0 Å². The highest BCUT2D eigenvalue weighted by Gasteiger charge is 2.02. The molecule has 5 heteroatoms. The minimum Gasteiger partial charge on any atom is -0.224 e. The third-order valence-electron chi connectivity index (χ3n) is 2.16. The predicted molar refractivity (Wildman–Crippen MR) is 64.9 cm³/mol. The SMILES string of the molecule is C=Cc1ccc(CSc2nnnn2C)cc1. The summed E-state index contributed by atoms with van der Waals surface area (Å²) in [6.07, 6.45) is 1.84. The molecule has 0 spiro atoms. The molecule has 0 fully saturated rings. The van der Waals surface area contributed by atoms with Crippen LogP contribution in [0, 0.1) is 0 Å². The molecule has 0 saturated heterocycles. The Morgan fingerprint density at radius 2 is 2.12 bits per heavy atom. The van der Waals surface area contributed by atoms with Gasteiger partial charge in [0.15, 0.2) is 0 Å². The topological polar surface area (TPSA) is 43.6 Å². The second kappa shape index (κ2) is 4.94. The Morgan fingerprint density at radius 3 is 2.69 bits per heavy atom. The highest BCUT2D eigenvalue weighted by atomic mass is 32.2. The van der Waals surface area contributed by atoms with Crippen LogP contribution in [0.4, 0.5) is 0 Å². The Balaban J connectivity index is 1.99. The van der Waals surface area contributed by atoms with Crippen LogP contribution in [-0.4, -0.2) is 20.2 Å². The van der Waals surface area contributed by atoms with E-state index < -0.39 is 0 Å². The summed E-state index contributed by atoms with van der Waals surface area (Å²) in [5, 5.41) is 12.1. The van der Waals surface area contributed by atoms with Gasteiger partial charge in [0.2, 0.25) is 5.16 Å². The molecule has 0 aliphatic rings. The summed E-state index contributed by atoms with van der Waals surface area (Å²) in [5.74, 6) is 0.867. The molecule has 82 valence electrons. The first kappa shape index (κ1) is 10.9. The van der Waals surface area contributed by atoms with Gasteiger partial charge in [-0.15, -0.1) is 5.10 Å². The molecular weight excluding hydrogens is 220 g/mol. The van der Waals surface area contributed by atoms with E-state index in [9.17, 15) is 0 Å². The molecule has 2 aromatic rings. The highest BCUT2D eigenvalue weighted by molar-refractivity contribution is 7.98. The monoisotopic (exact) mass is 232 g/mol. The van der Waals surface area contributed by atoms with Crippen molar-refractivity contribution in [2.24, 2.45) is 7.05 Å². The molecule has 0 saturated carbocycles. The molecule has 0 radical (unpaired) electrons. The molecular formula is C11H12N4S. The van der Waals surface area contributed by atoms with Crippen LogP contribution in [0.1, 0.15) is 11.1 Å². The van der Waals surface area contributed by atoms with E-state index in [1.54, 1.807) is 16.4 Å². The highest BCUT2D eigenvalue weighted by Crippen LogP contribution is 2.19. The fourth-order valence-corrected chi connectivity index (χ4v) is 2.05. The second-order valence-electron chi connectivity index (χ2n) is 3.32. The summed E-state index contributed by atoms with van der Waals surface area (Å²) in [4.78, 5) is 0. The third kappa shape index (κ3) is 2.49. The lowest BCUT2D eigenvalue weighted by molar-refractivity contribution is 0.664. The zero-order valence-corrected chi connectivity index (χ0v) is 9.81. The standard InChI is InChI=1S/C11H12N4S/c1-3-9-4-6-10(7-5-9)8-16-11-12-13-14-15(11)2/h3-7H,1,8H2,2H3. The van der Waals surface area contributed by atoms with Gasteiger partial charge in [0, 0.05) is 12.8 Å². The van der Waals surface area contributed by atoms with Gasteiger partial charge in [-0.25, -0.2) is 4.68 Å². The van der Waals surface area contributed by atoms with E-state index in [2.05, 4.69) is 46.4 Å². The Morgan fingerprint density at radius 1 is 1.38 bits per heavy atom. The first-order valence-corrected chi connectivity index (χ1v) is 5.84. The van der Waals surface area contributed by atoms with Gasteiger partial charge in [-0.2, -0.15) is 0 Å². The third-order valence-corrected chi connectivity index (χ3v) is 3.25. The minimum absolute atomic E-state index is 0.827. The number of thioether (sulfide) groups is 1. The molecule has 1 heterocycles. The number of benzene rings is 1. The second-order valence-corrected chi connectivity index (χ2v) is 4.26. The molecule has 0 aliphatic heterocycles. The smallest absolute Gasteiger partial charge is 0.209 e. The van der Waals surface area contributed by atoms with Gasteiger partial charge in [0.05, 0.1) is 0 Å². The van der Waals surface area contributed by atoms with E-state index in [0.717, 1.165) is 16.5 Å². The van der Waals surface area contributed by atoms with E-state index in [1.165, 1.54) is 5.56 Å². The molecule has 4 nitrogen and oxygen atoms in total. The van der Waals surface area contributed by atoms with Gasteiger partial charge >= 0.3 is 0 Å². The summed E-state index contributed by atoms with van der Waals surface area (Å²) in [6, 6.07) is 8.29. The van der Waals surface area contributed by atoms with Crippen molar-refractivity contribution in [1.29, 1.82) is 0 Å². The van der Waals surface area contributed by atoms with E-state index in [1.807, 2.05) is 13.1 Å². The maximum atomic E-state index is 3.91. The first-order valence-electron chi connectivity index (χ1n) is 4.86. The molecule has 0 unspecified atom stereocenters. The summed E-state index contributed by atoms with van der Waals surface area (Å²) in [5.41, 5.74) is 2.38. The molecule has 0 amide bonds.